The molecule has 1 heterocycles. The summed E-state index contributed by atoms with van der Waals surface area (Å²) in [7, 11) is 0. The summed E-state index contributed by atoms with van der Waals surface area (Å²) < 4.78 is 21.0. The van der Waals surface area contributed by atoms with Crippen LogP contribution in [0.1, 0.15) is 62.5 Å². The zero-order chi connectivity index (χ0) is 24.3. The van der Waals surface area contributed by atoms with E-state index in [0.717, 1.165) is 0 Å². The molecule has 0 aliphatic heterocycles. The lowest BCUT2D eigenvalue weighted by Crippen LogP contribution is -2.20. The molecule has 0 N–H and O–H groups in total. The summed E-state index contributed by atoms with van der Waals surface area (Å²) in [6.45, 7) is 9.28. The Morgan fingerprint density at radius 3 is 2.48 bits per heavy atom. The lowest BCUT2D eigenvalue weighted by Gasteiger charge is -2.17. The molecule has 1 aromatic heterocycles. The normalized spacial score (nSPS) is 11.8. The van der Waals surface area contributed by atoms with Crippen molar-refractivity contribution >= 4 is 34.1 Å². The Morgan fingerprint density at radius 1 is 1.09 bits per heavy atom. The van der Waals surface area contributed by atoms with Gasteiger partial charge in [-0.05, 0) is 43.5 Å². The fourth-order valence-electron chi connectivity index (χ4n) is 3.51. The topological polar surface area (TPSA) is 69.2 Å². The van der Waals surface area contributed by atoms with E-state index in [9.17, 15) is 9.59 Å². The second-order valence-corrected chi connectivity index (χ2v) is 9.73. The van der Waals surface area contributed by atoms with Gasteiger partial charge in [0.25, 0.3) is 0 Å². The second-order valence-electron chi connectivity index (χ2n) is 9.33. The molecule has 0 saturated heterocycles. The first kappa shape index (κ1) is 24.8. The Bertz CT molecular complexity index is 1200. The third kappa shape index (κ3) is 5.74. The molecule has 2 aromatic carbocycles. The molecule has 0 aliphatic rings. The fraction of sp³-hybridized carbons (Fsp3) is 0.385. The summed E-state index contributed by atoms with van der Waals surface area (Å²) in [4.78, 5) is 33.9. The molecule has 0 atom stereocenters. The maximum atomic E-state index is 15.3. The number of carbonyl (C=O) groups is 2. The van der Waals surface area contributed by atoms with Crippen LogP contribution in [0.15, 0.2) is 36.7 Å². The lowest BCUT2D eigenvalue weighted by molar-refractivity contribution is -0.126. The maximum absolute atomic E-state index is 15.3. The molecule has 0 saturated carbocycles. The van der Waals surface area contributed by atoms with Crippen molar-refractivity contribution in [1.82, 2.24) is 9.97 Å². The van der Waals surface area contributed by atoms with E-state index in [4.69, 9.17) is 16.3 Å². The van der Waals surface area contributed by atoms with E-state index in [-0.39, 0.29) is 41.7 Å². The summed E-state index contributed by atoms with van der Waals surface area (Å²) in [5.74, 6) is -0.676. The lowest BCUT2D eigenvalue weighted by atomic mass is 9.87. The molecule has 3 rings (SSSR count). The summed E-state index contributed by atoms with van der Waals surface area (Å²) in [5.41, 5.74) is 0.822. The average Bonchev–Trinajstić information content (AvgIpc) is 2.72. The molecule has 3 aromatic rings. The van der Waals surface area contributed by atoms with Gasteiger partial charge in [0.15, 0.2) is 5.78 Å². The van der Waals surface area contributed by atoms with Gasteiger partial charge in [-0.1, -0.05) is 50.6 Å². The number of benzene rings is 2. The van der Waals surface area contributed by atoms with Crippen molar-refractivity contribution in [1.29, 1.82) is 0 Å². The van der Waals surface area contributed by atoms with Crippen molar-refractivity contribution < 1.29 is 18.7 Å². The van der Waals surface area contributed by atoms with Gasteiger partial charge in [0.05, 0.1) is 27.6 Å². The molecule has 0 aliphatic carbocycles. The van der Waals surface area contributed by atoms with Crippen LogP contribution in [0.5, 0.6) is 5.88 Å². The number of fused-ring (bicyclic) bond motifs is 1. The Balaban J connectivity index is 1.90. The van der Waals surface area contributed by atoms with Crippen LogP contribution in [0.2, 0.25) is 5.02 Å². The van der Waals surface area contributed by atoms with Crippen LogP contribution < -0.4 is 4.74 Å². The molecule has 174 valence electrons. The number of carbonyl (C=O) groups excluding carboxylic acids is 2. The first-order chi connectivity index (χ1) is 15.5. The third-order valence-corrected chi connectivity index (χ3v) is 5.63. The van der Waals surface area contributed by atoms with E-state index in [1.807, 2.05) is 40.7 Å². The van der Waals surface area contributed by atoms with E-state index in [0.29, 0.717) is 27.9 Å². The third-order valence-electron chi connectivity index (χ3n) is 5.32. The molecule has 0 spiro atoms. The molecular formula is C26H28ClFN2O3. The second kappa shape index (κ2) is 9.96. The fourth-order valence-corrected chi connectivity index (χ4v) is 3.77. The van der Waals surface area contributed by atoms with Gasteiger partial charge in [0.1, 0.15) is 17.9 Å². The summed E-state index contributed by atoms with van der Waals surface area (Å²) >= 11 is 6.23. The molecule has 0 unspecified atom stereocenters. The molecular weight excluding hydrogens is 443 g/mol. The number of halogens is 2. The number of aryl methyl sites for hydroxylation is 1. The van der Waals surface area contributed by atoms with Gasteiger partial charge in [-0.2, -0.15) is 0 Å². The summed E-state index contributed by atoms with van der Waals surface area (Å²) in [6, 6.07) is 8.42. The number of hydrogen-bond donors (Lipinski definition) is 0. The van der Waals surface area contributed by atoms with Crippen molar-refractivity contribution in [3.05, 3.63) is 64.2 Å². The molecule has 0 bridgehead atoms. The first-order valence-corrected chi connectivity index (χ1v) is 11.3. The monoisotopic (exact) mass is 470 g/mol. The number of ether oxygens (including phenoxy) is 1. The van der Waals surface area contributed by atoms with Gasteiger partial charge in [-0.3, -0.25) is 9.59 Å². The largest absolute Gasteiger partial charge is 0.474 e. The van der Waals surface area contributed by atoms with Crippen molar-refractivity contribution in [3.8, 4) is 5.88 Å². The van der Waals surface area contributed by atoms with E-state index < -0.39 is 17.0 Å². The van der Waals surface area contributed by atoms with Crippen LogP contribution in [-0.4, -0.2) is 27.6 Å². The summed E-state index contributed by atoms with van der Waals surface area (Å²) in [5, 5.41) is 0.722. The predicted molar refractivity (Wildman–Crippen MR) is 128 cm³/mol. The van der Waals surface area contributed by atoms with Crippen molar-refractivity contribution in [2.75, 3.05) is 0 Å². The minimum atomic E-state index is -0.673. The number of hydrogen-bond acceptors (Lipinski definition) is 5. The highest BCUT2D eigenvalue weighted by Gasteiger charge is 2.24. The molecule has 7 heteroatoms. The first-order valence-electron chi connectivity index (χ1n) is 10.9. The molecule has 33 heavy (non-hydrogen) atoms. The Labute approximate surface area is 198 Å². The zero-order valence-corrected chi connectivity index (χ0v) is 20.3. The van der Waals surface area contributed by atoms with Crippen LogP contribution in [0.25, 0.3) is 10.9 Å². The van der Waals surface area contributed by atoms with E-state index in [2.05, 4.69) is 9.97 Å². The molecule has 0 amide bonds. The van der Waals surface area contributed by atoms with Crippen LogP contribution in [0, 0.1) is 11.2 Å². The van der Waals surface area contributed by atoms with E-state index in [1.54, 1.807) is 12.1 Å². The summed E-state index contributed by atoms with van der Waals surface area (Å²) in [6.07, 6.45) is 1.62. The van der Waals surface area contributed by atoms with E-state index >= 15 is 4.39 Å². The molecule has 0 radical (unpaired) electrons. The van der Waals surface area contributed by atoms with Gasteiger partial charge >= 0.3 is 0 Å². The minimum absolute atomic E-state index is 0.0274. The van der Waals surface area contributed by atoms with E-state index in [1.165, 1.54) is 18.5 Å². The minimum Gasteiger partial charge on any atom is -0.474 e. The SMILES string of the molecule is CC(C)Oc1ncnc2c(CC(=O)c3c(Cl)ccc(CCC(=O)C(C)(C)C)c3F)cccc12. The Morgan fingerprint density at radius 2 is 1.82 bits per heavy atom. The van der Waals surface area contributed by atoms with Crippen molar-refractivity contribution in [3.63, 3.8) is 0 Å². The molecule has 5 nitrogen and oxygen atoms in total. The number of Topliss-reactive ketones (excluding diaryl/α,β-unsaturated/α-hetero) is 2. The number of ketones is 2. The highest BCUT2D eigenvalue weighted by Crippen LogP contribution is 2.29. The Hall–Kier alpha value is -2.86. The maximum Gasteiger partial charge on any atom is 0.224 e. The van der Waals surface area contributed by atoms with Crippen LogP contribution >= 0.6 is 11.6 Å². The zero-order valence-electron chi connectivity index (χ0n) is 19.5. The quantitative estimate of drug-likeness (QED) is 0.367. The Kier molecular flexibility index (Phi) is 7.48. The standard InChI is InChI=1S/C26H28ClFN2O3/c1-15(2)33-25-18-8-6-7-17(24(18)29-14-30-25)13-20(31)22-19(27)11-9-16(23(22)28)10-12-21(32)26(3,4)5/h6-9,11,14-15H,10,12-13H2,1-5H3. The van der Waals surface area contributed by atoms with Crippen LogP contribution in [-0.2, 0) is 17.6 Å². The van der Waals surface area contributed by atoms with Crippen molar-refractivity contribution in [2.24, 2.45) is 5.41 Å². The average molecular weight is 471 g/mol. The van der Waals surface area contributed by atoms with Crippen molar-refractivity contribution in [2.45, 2.75) is 60.0 Å². The van der Waals surface area contributed by atoms with Crippen LogP contribution in [0.4, 0.5) is 4.39 Å². The number of nitrogens with zero attached hydrogens (tertiary/aromatic N) is 2. The van der Waals surface area contributed by atoms with Gasteiger partial charge in [-0.25, -0.2) is 14.4 Å². The number of para-hydroxylation sites is 1. The van der Waals surface area contributed by atoms with Gasteiger partial charge in [0.2, 0.25) is 5.88 Å². The predicted octanol–water partition coefficient (Wildman–Crippen LogP) is 6.18. The van der Waals surface area contributed by atoms with Gasteiger partial charge < -0.3 is 4.74 Å². The number of aromatic nitrogens is 2. The number of rotatable bonds is 8. The molecule has 0 fully saturated rings. The van der Waals surface area contributed by atoms with Crippen LogP contribution in [0.3, 0.4) is 0 Å². The van der Waals surface area contributed by atoms with Gasteiger partial charge in [0, 0.05) is 18.3 Å². The highest BCUT2D eigenvalue weighted by molar-refractivity contribution is 6.34. The smallest absolute Gasteiger partial charge is 0.224 e. The highest BCUT2D eigenvalue weighted by atomic mass is 35.5. The van der Waals surface area contributed by atoms with Gasteiger partial charge in [-0.15, -0.1) is 0 Å².